The number of unbranched alkanes of at least 4 members (excludes halogenated alkanes) is 1. The minimum Gasteiger partial charge on any atom is -0.458 e. The van der Waals surface area contributed by atoms with Crippen LogP contribution < -0.4 is 5.56 Å². The van der Waals surface area contributed by atoms with E-state index in [0.29, 0.717) is 22.5 Å². The van der Waals surface area contributed by atoms with E-state index in [1.807, 2.05) is 20.8 Å². The summed E-state index contributed by atoms with van der Waals surface area (Å²) in [5, 5.41) is 0.633. The summed E-state index contributed by atoms with van der Waals surface area (Å²) in [7, 11) is 0. The molecule has 2 aromatic rings. The molecule has 0 aliphatic carbocycles. The quantitative estimate of drug-likeness (QED) is 0.861. The second-order valence-electron chi connectivity index (χ2n) is 4.74. The Morgan fingerprint density at radius 2 is 2.15 bits per heavy atom. The number of ether oxygens (including phenoxy) is 1. The number of aromatic amines is 1. The van der Waals surface area contributed by atoms with Gasteiger partial charge in [0, 0.05) is 11.3 Å². The number of aromatic nitrogens is 2. The number of carbonyl (C=O) groups excluding carboxylic acids is 1. The molecule has 0 aromatic carbocycles. The van der Waals surface area contributed by atoms with Crippen LogP contribution in [0, 0.1) is 13.8 Å². The molecule has 2 aromatic heterocycles. The fourth-order valence-electron chi connectivity index (χ4n) is 1.91. The molecule has 6 heteroatoms. The second-order valence-corrected chi connectivity index (χ2v) is 5.94. The summed E-state index contributed by atoms with van der Waals surface area (Å²) in [6.07, 6.45) is 2.16. The number of nitrogens with one attached hydrogen (secondary N) is 1. The Morgan fingerprint density at radius 1 is 1.40 bits per heavy atom. The number of hydrogen-bond donors (Lipinski definition) is 1. The van der Waals surface area contributed by atoms with Crippen molar-refractivity contribution >= 4 is 27.5 Å². The van der Waals surface area contributed by atoms with Gasteiger partial charge in [0.15, 0.2) is 0 Å². The fourth-order valence-corrected chi connectivity index (χ4v) is 2.96. The van der Waals surface area contributed by atoms with Crippen molar-refractivity contribution < 1.29 is 9.53 Å². The van der Waals surface area contributed by atoms with E-state index in [1.165, 1.54) is 11.3 Å². The molecule has 0 spiro atoms. The van der Waals surface area contributed by atoms with Gasteiger partial charge in [-0.1, -0.05) is 13.3 Å². The molecule has 2 rings (SSSR count). The Bertz CT molecular complexity index is 688. The molecule has 0 atom stereocenters. The van der Waals surface area contributed by atoms with E-state index in [4.69, 9.17) is 4.74 Å². The normalized spacial score (nSPS) is 10.9. The number of rotatable bonds is 5. The fraction of sp³-hybridized carbons (Fsp3) is 0.500. The molecule has 0 saturated carbocycles. The van der Waals surface area contributed by atoms with Crippen LogP contribution in [0.2, 0.25) is 0 Å². The minimum absolute atomic E-state index is 0.0176. The van der Waals surface area contributed by atoms with Gasteiger partial charge in [-0.15, -0.1) is 11.3 Å². The van der Waals surface area contributed by atoms with Gasteiger partial charge in [0.2, 0.25) is 0 Å². The van der Waals surface area contributed by atoms with Gasteiger partial charge in [-0.3, -0.25) is 9.59 Å². The maximum absolute atomic E-state index is 12.0. The molecule has 2 heterocycles. The largest absolute Gasteiger partial charge is 0.458 e. The van der Waals surface area contributed by atoms with Gasteiger partial charge < -0.3 is 9.72 Å². The zero-order valence-corrected chi connectivity index (χ0v) is 12.7. The van der Waals surface area contributed by atoms with Crippen LogP contribution in [0.25, 0.3) is 10.2 Å². The van der Waals surface area contributed by atoms with Gasteiger partial charge in [-0.25, -0.2) is 4.98 Å². The Labute approximate surface area is 121 Å². The van der Waals surface area contributed by atoms with Crippen LogP contribution in [0.3, 0.4) is 0 Å². The molecule has 0 unspecified atom stereocenters. The molecule has 0 aliphatic heterocycles. The van der Waals surface area contributed by atoms with Crippen molar-refractivity contribution in [3.05, 3.63) is 26.6 Å². The summed E-state index contributed by atoms with van der Waals surface area (Å²) in [5.41, 5.74) is 0.793. The summed E-state index contributed by atoms with van der Waals surface area (Å²) < 4.78 is 5.10. The van der Waals surface area contributed by atoms with Crippen molar-refractivity contribution in [2.75, 3.05) is 0 Å². The smallest absolute Gasteiger partial charge is 0.306 e. The first kappa shape index (κ1) is 14.7. The van der Waals surface area contributed by atoms with E-state index in [2.05, 4.69) is 9.97 Å². The van der Waals surface area contributed by atoms with Gasteiger partial charge in [-0.2, -0.15) is 0 Å². The van der Waals surface area contributed by atoms with E-state index in [9.17, 15) is 9.59 Å². The summed E-state index contributed by atoms with van der Waals surface area (Å²) in [6.45, 7) is 5.91. The lowest BCUT2D eigenvalue weighted by Gasteiger charge is -2.04. The van der Waals surface area contributed by atoms with Crippen LogP contribution in [-0.4, -0.2) is 15.9 Å². The van der Waals surface area contributed by atoms with Crippen molar-refractivity contribution in [3.8, 4) is 0 Å². The highest BCUT2D eigenvalue weighted by molar-refractivity contribution is 7.18. The van der Waals surface area contributed by atoms with Gasteiger partial charge in [0.05, 0.1) is 5.39 Å². The average molecular weight is 294 g/mol. The molecule has 0 bridgehead atoms. The molecule has 0 radical (unpaired) electrons. The lowest BCUT2D eigenvalue weighted by Crippen LogP contribution is -2.14. The molecule has 0 fully saturated rings. The topological polar surface area (TPSA) is 72.0 Å². The monoisotopic (exact) mass is 294 g/mol. The summed E-state index contributed by atoms with van der Waals surface area (Å²) in [5.74, 6) is 0.140. The molecular weight excluding hydrogens is 276 g/mol. The van der Waals surface area contributed by atoms with Gasteiger partial charge in [-0.05, 0) is 25.8 Å². The average Bonchev–Trinajstić information content (AvgIpc) is 2.69. The van der Waals surface area contributed by atoms with Crippen LogP contribution in [-0.2, 0) is 16.1 Å². The zero-order valence-electron chi connectivity index (χ0n) is 11.9. The highest BCUT2D eigenvalue weighted by Crippen LogP contribution is 2.25. The first-order valence-corrected chi connectivity index (χ1v) is 7.49. The Kier molecular flexibility index (Phi) is 4.54. The molecular formula is C14H18N2O3S. The lowest BCUT2D eigenvalue weighted by atomic mass is 10.2. The number of thiophene rings is 1. The third kappa shape index (κ3) is 3.07. The number of H-pyrrole nitrogens is 1. The van der Waals surface area contributed by atoms with Crippen molar-refractivity contribution in [3.63, 3.8) is 0 Å². The van der Waals surface area contributed by atoms with Crippen LogP contribution in [0.5, 0.6) is 0 Å². The van der Waals surface area contributed by atoms with Crippen LogP contribution in [0.4, 0.5) is 0 Å². The Morgan fingerprint density at radius 3 is 2.85 bits per heavy atom. The number of aryl methyl sites for hydroxylation is 2. The lowest BCUT2D eigenvalue weighted by molar-refractivity contribution is -0.145. The minimum atomic E-state index is -0.256. The van der Waals surface area contributed by atoms with Gasteiger partial charge >= 0.3 is 5.97 Å². The second kappa shape index (κ2) is 6.17. The third-order valence-electron chi connectivity index (χ3n) is 3.19. The van der Waals surface area contributed by atoms with Gasteiger partial charge in [0.25, 0.3) is 5.56 Å². The van der Waals surface area contributed by atoms with Crippen LogP contribution in [0.15, 0.2) is 4.79 Å². The van der Waals surface area contributed by atoms with E-state index in [-0.39, 0.29) is 18.1 Å². The predicted molar refractivity (Wildman–Crippen MR) is 79.0 cm³/mol. The summed E-state index contributed by atoms with van der Waals surface area (Å²) in [6, 6.07) is 0. The molecule has 5 nitrogen and oxygen atoms in total. The van der Waals surface area contributed by atoms with Crippen molar-refractivity contribution in [2.45, 2.75) is 46.6 Å². The highest BCUT2D eigenvalue weighted by atomic mass is 32.1. The van der Waals surface area contributed by atoms with Crippen molar-refractivity contribution in [2.24, 2.45) is 0 Å². The van der Waals surface area contributed by atoms with E-state index in [0.717, 1.165) is 23.3 Å². The molecule has 20 heavy (non-hydrogen) atoms. The standard InChI is InChI=1S/C14H18N2O3S/c1-4-5-6-11(17)19-7-10-15-13(18)12-8(2)9(3)20-14(12)16-10/h4-7H2,1-3H3,(H,15,16,18). The Balaban J connectivity index is 2.16. The molecule has 0 amide bonds. The SMILES string of the molecule is CCCCC(=O)OCc1nc2sc(C)c(C)c2c(=O)[nH]1. The Hall–Kier alpha value is -1.69. The molecule has 0 aliphatic rings. The van der Waals surface area contributed by atoms with Crippen LogP contribution >= 0.6 is 11.3 Å². The maximum atomic E-state index is 12.0. The first-order chi connectivity index (χ1) is 9.52. The third-order valence-corrected chi connectivity index (χ3v) is 4.29. The van der Waals surface area contributed by atoms with E-state index < -0.39 is 0 Å². The zero-order chi connectivity index (χ0) is 14.7. The molecule has 0 saturated heterocycles. The number of hydrogen-bond acceptors (Lipinski definition) is 5. The summed E-state index contributed by atoms with van der Waals surface area (Å²) >= 11 is 1.48. The van der Waals surface area contributed by atoms with Crippen molar-refractivity contribution in [1.29, 1.82) is 0 Å². The maximum Gasteiger partial charge on any atom is 0.306 e. The molecule has 108 valence electrons. The highest BCUT2D eigenvalue weighted by Gasteiger charge is 2.12. The number of esters is 1. The van der Waals surface area contributed by atoms with E-state index >= 15 is 0 Å². The summed E-state index contributed by atoms with van der Waals surface area (Å²) in [4.78, 5) is 32.3. The number of nitrogens with zero attached hydrogens (tertiary/aromatic N) is 1. The van der Waals surface area contributed by atoms with Crippen molar-refractivity contribution in [1.82, 2.24) is 9.97 Å². The first-order valence-electron chi connectivity index (χ1n) is 6.67. The predicted octanol–water partition coefficient (Wildman–Crippen LogP) is 2.83. The molecule has 1 N–H and O–H groups in total. The number of fused-ring (bicyclic) bond motifs is 1. The number of carbonyl (C=O) groups is 1. The van der Waals surface area contributed by atoms with Gasteiger partial charge in [0.1, 0.15) is 17.3 Å². The van der Waals surface area contributed by atoms with Crippen LogP contribution in [0.1, 0.15) is 42.5 Å². The van der Waals surface area contributed by atoms with E-state index in [1.54, 1.807) is 0 Å².